The first-order chi connectivity index (χ1) is 21.1. The van der Waals surface area contributed by atoms with Crippen molar-refractivity contribution in [3.8, 4) is 17.0 Å². The molecule has 1 spiro atoms. The Morgan fingerprint density at radius 2 is 1.89 bits per heavy atom. The highest BCUT2D eigenvalue weighted by molar-refractivity contribution is 7.89. The third kappa shape index (κ3) is 6.95. The summed E-state index contributed by atoms with van der Waals surface area (Å²) in [6.45, 7) is 1.54. The van der Waals surface area contributed by atoms with Gasteiger partial charge in [0.25, 0.3) is 0 Å². The number of benzene rings is 2. The molecular formula is C29H32ClF3N6O5S. The summed E-state index contributed by atoms with van der Waals surface area (Å²) in [5.74, 6) is -1.30. The molecule has 0 aliphatic carbocycles. The topological polar surface area (TPSA) is 151 Å². The zero-order valence-corrected chi connectivity index (χ0v) is 26.0. The Bertz CT molecular complexity index is 1700. The Balaban J connectivity index is 1.45. The molecule has 242 valence electrons. The summed E-state index contributed by atoms with van der Waals surface area (Å²) in [6, 6.07) is 10.0. The number of nitrogens with zero attached hydrogens (tertiary/aromatic N) is 4. The smallest absolute Gasteiger partial charge is 0.429 e. The number of piperidine rings is 1. The van der Waals surface area contributed by atoms with Crippen LogP contribution in [-0.2, 0) is 14.8 Å². The number of carbonyl (C=O) groups is 1. The minimum absolute atomic E-state index is 0.0223. The molecule has 1 unspecified atom stereocenters. The van der Waals surface area contributed by atoms with Crippen LogP contribution in [0.5, 0.6) is 5.88 Å². The largest absolute Gasteiger partial charge is 0.480 e. The lowest BCUT2D eigenvalue weighted by Crippen LogP contribution is -2.41. The number of nitrogens with two attached hydrogens (primary N) is 1. The van der Waals surface area contributed by atoms with E-state index in [4.69, 9.17) is 22.1 Å². The Morgan fingerprint density at radius 1 is 1.18 bits per heavy atom. The number of ether oxygens (including phenoxy) is 1. The van der Waals surface area contributed by atoms with Crippen LogP contribution in [0.3, 0.4) is 0 Å². The highest BCUT2D eigenvalue weighted by atomic mass is 35.5. The SMILES string of the molecule is CN(C)S(=O)(=O)c1cccc(-c2cc(Cl)ccc2C(Oc2cc(N3CCC4(CC3)CN[C@H](C(=O)O)C4)nc(N)n2)C(F)(F)F)c1. The number of nitrogens with one attached hydrogen (secondary N) is 1. The van der Waals surface area contributed by atoms with Crippen molar-refractivity contribution in [1.29, 1.82) is 0 Å². The van der Waals surface area contributed by atoms with Gasteiger partial charge in [-0.25, -0.2) is 12.7 Å². The third-order valence-electron chi connectivity index (χ3n) is 8.27. The van der Waals surface area contributed by atoms with Gasteiger partial charge in [-0.2, -0.15) is 23.1 Å². The molecule has 0 bridgehead atoms. The number of aromatic nitrogens is 2. The number of rotatable bonds is 8. The van der Waals surface area contributed by atoms with Crippen LogP contribution in [0.2, 0.25) is 5.02 Å². The van der Waals surface area contributed by atoms with Crippen LogP contribution in [0.4, 0.5) is 24.9 Å². The van der Waals surface area contributed by atoms with Gasteiger partial charge in [0.2, 0.25) is 28.0 Å². The molecule has 3 heterocycles. The molecule has 2 aliphatic rings. The van der Waals surface area contributed by atoms with Crippen LogP contribution in [0, 0.1) is 5.41 Å². The molecule has 1 aromatic heterocycles. The number of carboxylic acids is 1. The molecule has 3 aromatic rings. The van der Waals surface area contributed by atoms with Crippen molar-refractivity contribution in [3.05, 3.63) is 59.1 Å². The van der Waals surface area contributed by atoms with E-state index in [1.165, 1.54) is 62.6 Å². The fraction of sp³-hybridized carbons (Fsp3) is 0.414. The van der Waals surface area contributed by atoms with Crippen molar-refractivity contribution in [2.45, 2.75) is 42.5 Å². The van der Waals surface area contributed by atoms with Gasteiger partial charge < -0.3 is 25.8 Å². The van der Waals surface area contributed by atoms with Gasteiger partial charge in [-0.15, -0.1) is 0 Å². The quantitative estimate of drug-likeness (QED) is 0.316. The Morgan fingerprint density at radius 3 is 2.51 bits per heavy atom. The van der Waals surface area contributed by atoms with E-state index in [1.807, 2.05) is 4.90 Å². The van der Waals surface area contributed by atoms with Crippen molar-refractivity contribution in [3.63, 3.8) is 0 Å². The van der Waals surface area contributed by atoms with Crippen molar-refractivity contribution < 1.29 is 36.2 Å². The number of nitrogen functional groups attached to an aromatic ring is 1. The summed E-state index contributed by atoms with van der Waals surface area (Å²) in [6.07, 6.45) is -5.64. The van der Waals surface area contributed by atoms with Crippen molar-refractivity contribution in [2.24, 2.45) is 5.41 Å². The van der Waals surface area contributed by atoms with Crippen molar-refractivity contribution >= 4 is 39.4 Å². The average Bonchev–Trinajstić information content (AvgIpc) is 3.39. The van der Waals surface area contributed by atoms with Crippen LogP contribution < -0.4 is 20.7 Å². The molecule has 2 aliphatic heterocycles. The van der Waals surface area contributed by atoms with Crippen LogP contribution in [0.25, 0.3) is 11.1 Å². The number of carboxylic acid groups (broad SMARTS) is 1. The van der Waals surface area contributed by atoms with Gasteiger partial charge in [0.1, 0.15) is 11.9 Å². The fourth-order valence-electron chi connectivity index (χ4n) is 5.80. The second-order valence-electron chi connectivity index (χ2n) is 11.5. The molecule has 11 nitrogen and oxygen atoms in total. The van der Waals surface area contributed by atoms with E-state index in [0.717, 1.165) is 4.31 Å². The molecule has 4 N–H and O–H groups in total. The molecule has 2 atom stereocenters. The van der Waals surface area contributed by atoms with Gasteiger partial charge in [-0.3, -0.25) is 4.79 Å². The summed E-state index contributed by atoms with van der Waals surface area (Å²) < 4.78 is 76.1. The number of aliphatic carboxylic acids is 1. The van der Waals surface area contributed by atoms with Crippen LogP contribution >= 0.6 is 11.6 Å². The number of hydrogen-bond acceptors (Lipinski definition) is 9. The maximum atomic E-state index is 14.7. The fourth-order valence-corrected chi connectivity index (χ4v) is 6.92. The van der Waals surface area contributed by atoms with Crippen LogP contribution in [0.1, 0.15) is 30.9 Å². The minimum atomic E-state index is -4.93. The van der Waals surface area contributed by atoms with Crippen LogP contribution in [-0.4, -0.2) is 79.7 Å². The Labute approximate surface area is 263 Å². The molecule has 2 aromatic carbocycles. The van der Waals surface area contributed by atoms with E-state index in [2.05, 4.69) is 15.3 Å². The maximum absolute atomic E-state index is 14.7. The second-order valence-corrected chi connectivity index (χ2v) is 14.1. The summed E-state index contributed by atoms with van der Waals surface area (Å²) in [5, 5.41) is 12.5. The summed E-state index contributed by atoms with van der Waals surface area (Å²) >= 11 is 6.20. The number of anilines is 2. The number of alkyl halides is 3. The van der Waals surface area contributed by atoms with Gasteiger partial charge in [0.15, 0.2) is 0 Å². The molecule has 0 radical (unpaired) electrons. The van der Waals surface area contributed by atoms with Gasteiger partial charge in [0.05, 0.1) is 4.90 Å². The van der Waals surface area contributed by atoms with E-state index >= 15 is 0 Å². The molecule has 16 heteroatoms. The Hall–Kier alpha value is -3.66. The third-order valence-corrected chi connectivity index (χ3v) is 10.3. The van der Waals surface area contributed by atoms with E-state index in [-0.39, 0.29) is 43.8 Å². The monoisotopic (exact) mass is 668 g/mol. The highest BCUT2D eigenvalue weighted by Crippen LogP contribution is 2.43. The van der Waals surface area contributed by atoms with Crippen LogP contribution in [0.15, 0.2) is 53.4 Å². The normalized spacial score (nSPS) is 19.2. The molecular weight excluding hydrogens is 637 g/mol. The number of hydrogen-bond donors (Lipinski definition) is 3. The average molecular weight is 669 g/mol. The molecule has 45 heavy (non-hydrogen) atoms. The summed E-state index contributed by atoms with van der Waals surface area (Å²) in [5.41, 5.74) is 5.62. The zero-order valence-electron chi connectivity index (χ0n) is 24.4. The standard InChI is InChI=1S/C29H32ClF3N6O5S/c1-38(2)45(42,43)19-5-3-4-17(12-19)21-13-18(30)6-7-20(21)25(29(31,32)33)44-24-14-23(36-27(34)37-24)39-10-8-28(9-11-39)15-22(26(40)41)35-16-28/h3-7,12-14,22,25,35H,8-11,15-16H2,1-2H3,(H,40,41)(H2,34,36,37)/t22-,25?/m0/s1. The predicted molar refractivity (Wildman–Crippen MR) is 162 cm³/mol. The molecule has 5 rings (SSSR count). The van der Waals surface area contributed by atoms with Gasteiger partial charge >= 0.3 is 12.1 Å². The first-order valence-corrected chi connectivity index (χ1v) is 15.8. The first kappa shape index (κ1) is 32.7. The Kier molecular flexibility index (Phi) is 8.92. The zero-order chi connectivity index (χ0) is 32.7. The number of sulfonamides is 1. The van der Waals surface area contributed by atoms with E-state index < -0.39 is 40.2 Å². The van der Waals surface area contributed by atoms with E-state index in [0.29, 0.717) is 38.9 Å². The maximum Gasteiger partial charge on any atom is 0.429 e. The van der Waals surface area contributed by atoms with Gasteiger partial charge in [-0.05, 0) is 60.1 Å². The first-order valence-electron chi connectivity index (χ1n) is 14.0. The molecule has 2 fully saturated rings. The highest BCUT2D eigenvalue weighted by Gasteiger charge is 2.46. The minimum Gasteiger partial charge on any atom is -0.480 e. The summed E-state index contributed by atoms with van der Waals surface area (Å²) in [4.78, 5) is 21.3. The van der Waals surface area contributed by atoms with Gasteiger partial charge in [-0.1, -0.05) is 29.8 Å². The lowest BCUT2D eigenvalue weighted by molar-refractivity contribution is -0.198. The lowest BCUT2D eigenvalue weighted by atomic mass is 9.76. The van der Waals surface area contributed by atoms with Crippen molar-refractivity contribution in [2.75, 3.05) is 44.4 Å². The number of halogens is 4. The summed E-state index contributed by atoms with van der Waals surface area (Å²) in [7, 11) is -1.18. The molecule has 0 saturated carbocycles. The van der Waals surface area contributed by atoms with Gasteiger partial charge in [0, 0.05) is 50.4 Å². The van der Waals surface area contributed by atoms with E-state index in [1.54, 1.807) is 0 Å². The molecule has 2 saturated heterocycles. The second kappa shape index (κ2) is 12.3. The predicted octanol–water partition coefficient (Wildman–Crippen LogP) is 4.35. The van der Waals surface area contributed by atoms with Crippen molar-refractivity contribution in [1.82, 2.24) is 19.6 Å². The molecule has 0 amide bonds. The van der Waals surface area contributed by atoms with E-state index in [9.17, 15) is 31.5 Å². The lowest BCUT2D eigenvalue weighted by Gasteiger charge is -2.39.